The van der Waals surface area contributed by atoms with Gasteiger partial charge in [-0.25, -0.2) is 4.79 Å². The van der Waals surface area contributed by atoms with E-state index in [-0.39, 0.29) is 13.2 Å². The van der Waals surface area contributed by atoms with E-state index >= 15 is 0 Å². The molecule has 10 atom stereocenters. The molecule has 11 heteroatoms. The molecule has 5 N–H and O–H groups in total. The number of carbonyl (C=O) groups is 1. The van der Waals surface area contributed by atoms with Gasteiger partial charge in [-0.3, -0.25) is 0 Å². The third kappa shape index (κ3) is 5.85. The molecule has 1 aromatic rings. The van der Waals surface area contributed by atoms with E-state index in [0.717, 1.165) is 27.8 Å². The molecule has 2 fully saturated rings. The summed E-state index contributed by atoms with van der Waals surface area (Å²) in [5.74, 6) is -1.13. The van der Waals surface area contributed by atoms with Crippen LogP contribution in [0, 0.1) is 40.5 Å². The zero-order valence-electron chi connectivity index (χ0n) is 22.4. The van der Waals surface area contributed by atoms with Crippen LogP contribution < -0.4 is 0 Å². The van der Waals surface area contributed by atoms with E-state index < -0.39 is 67.2 Å². The van der Waals surface area contributed by atoms with Crippen molar-refractivity contribution in [2.24, 2.45) is 5.92 Å². The highest BCUT2D eigenvalue weighted by Crippen LogP contribution is 2.30. The van der Waals surface area contributed by atoms with Gasteiger partial charge in [0.15, 0.2) is 12.6 Å². The SMILES string of the molecule is COC1OC(COC2OC(COC(=O)c3c(C)c(C)c(C)c(C)c3C)C(O)C(O)C2O)C(C)C(O)C1O. The van der Waals surface area contributed by atoms with E-state index in [4.69, 9.17) is 23.7 Å². The third-order valence-corrected chi connectivity index (χ3v) is 7.97. The number of benzene rings is 1. The molecule has 2 aliphatic rings. The summed E-state index contributed by atoms with van der Waals surface area (Å²) >= 11 is 0. The molecule has 2 aliphatic heterocycles. The minimum Gasteiger partial charge on any atom is -0.459 e. The van der Waals surface area contributed by atoms with Crippen molar-refractivity contribution in [2.45, 2.75) is 96.9 Å². The molecule has 0 saturated carbocycles. The van der Waals surface area contributed by atoms with Gasteiger partial charge in [0.1, 0.15) is 37.1 Å². The molecule has 0 aliphatic carbocycles. The predicted octanol–water partition coefficient (Wildman–Crippen LogP) is -0.0611. The minimum atomic E-state index is -1.63. The first-order valence-electron chi connectivity index (χ1n) is 12.4. The van der Waals surface area contributed by atoms with E-state index in [0.29, 0.717) is 5.56 Å². The summed E-state index contributed by atoms with van der Waals surface area (Å²) in [5.41, 5.74) is 5.12. The van der Waals surface area contributed by atoms with Gasteiger partial charge in [0.2, 0.25) is 0 Å². The fraction of sp³-hybridized carbons (Fsp3) is 0.731. The van der Waals surface area contributed by atoms with Crippen LogP contribution in [0.2, 0.25) is 0 Å². The Morgan fingerprint density at radius 3 is 1.78 bits per heavy atom. The third-order valence-electron chi connectivity index (χ3n) is 7.97. The molecule has 3 rings (SSSR count). The van der Waals surface area contributed by atoms with Crippen LogP contribution in [0.4, 0.5) is 0 Å². The molecule has 37 heavy (non-hydrogen) atoms. The fourth-order valence-corrected chi connectivity index (χ4v) is 4.87. The largest absolute Gasteiger partial charge is 0.459 e. The van der Waals surface area contributed by atoms with Gasteiger partial charge in [0.25, 0.3) is 0 Å². The van der Waals surface area contributed by atoms with Crippen molar-refractivity contribution >= 4 is 5.97 Å². The van der Waals surface area contributed by atoms with E-state index in [1.54, 1.807) is 6.92 Å². The Morgan fingerprint density at radius 2 is 1.22 bits per heavy atom. The molecule has 0 bridgehead atoms. The first-order valence-corrected chi connectivity index (χ1v) is 12.4. The first kappa shape index (κ1) is 29.9. The highest BCUT2D eigenvalue weighted by Gasteiger charge is 2.47. The summed E-state index contributed by atoms with van der Waals surface area (Å²) in [6.45, 7) is 10.7. The van der Waals surface area contributed by atoms with Crippen LogP contribution in [0.3, 0.4) is 0 Å². The lowest BCUT2D eigenvalue weighted by Gasteiger charge is -2.43. The van der Waals surface area contributed by atoms with Gasteiger partial charge in [-0.1, -0.05) is 6.92 Å². The Hall–Kier alpha value is -1.67. The summed E-state index contributed by atoms with van der Waals surface area (Å²) in [6, 6.07) is 0. The molecule has 2 heterocycles. The molecule has 0 amide bonds. The maximum atomic E-state index is 13.0. The van der Waals surface area contributed by atoms with Crippen LogP contribution in [-0.2, 0) is 23.7 Å². The lowest BCUT2D eigenvalue weighted by molar-refractivity contribution is -0.322. The molecule has 11 nitrogen and oxygen atoms in total. The smallest absolute Gasteiger partial charge is 0.338 e. The Kier molecular flexibility index (Phi) is 9.71. The summed E-state index contributed by atoms with van der Waals surface area (Å²) in [7, 11) is 1.33. The number of hydrogen-bond donors (Lipinski definition) is 5. The van der Waals surface area contributed by atoms with Gasteiger partial charge >= 0.3 is 5.97 Å². The Labute approximate surface area is 216 Å². The van der Waals surface area contributed by atoms with Crippen LogP contribution in [0.5, 0.6) is 0 Å². The van der Waals surface area contributed by atoms with Gasteiger partial charge in [-0.15, -0.1) is 0 Å². The second-order valence-electron chi connectivity index (χ2n) is 10.1. The summed E-state index contributed by atoms with van der Waals surface area (Å²) in [5, 5.41) is 51.5. The average Bonchev–Trinajstić information content (AvgIpc) is 2.88. The lowest BCUT2D eigenvalue weighted by atomic mass is 9.89. The van der Waals surface area contributed by atoms with Crippen LogP contribution in [0.1, 0.15) is 45.1 Å². The first-order chi connectivity index (χ1) is 17.3. The van der Waals surface area contributed by atoms with Gasteiger partial charge in [-0.05, 0) is 62.4 Å². The van der Waals surface area contributed by atoms with Crippen LogP contribution in [-0.4, -0.2) is 107 Å². The standard InChI is InChI=1S/C26H40O11/c1-10-11(2)13(4)18(14(5)12(10)3)24(32)34-9-17-20(28)21(29)23(31)26(37-17)35-8-16-15(6)19(27)22(30)25(33-7)36-16/h15-17,19-23,25-31H,8-9H2,1-7H3. The van der Waals surface area contributed by atoms with E-state index in [1.807, 2.05) is 34.6 Å². The number of aliphatic hydroxyl groups is 5. The zero-order valence-corrected chi connectivity index (χ0v) is 22.4. The van der Waals surface area contributed by atoms with E-state index in [1.165, 1.54) is 7.11 Å². The number of rotatable bonds is 7. The summed E-state index contributed by atoms with van der Waals surface area (Å²) in [6.07, 6.45) is -11.5. The summed E-state index contributed by atoms with van der Waals surface area (Å²) in [4.78, 5) is 13.0. The van der Waals surface area contributed by atoms with Crippen molar-refractivity contribution in [3.8, 4) is 0 Å². The molecule has 1 aromatic carbocycles. The van der Waals surface area contributed by atoms with Gasteiger partial charge < -0.3 is 49.2 Å². The van der Waals surface area contributed by atoms with Crippen molar-refractivity contribution < 1.29 is 54.0 Å². The quantitative estimate of drug-likeness (QED) is 0.301. The highest BCUT2D eigenvalue weighted by atomic mass is 16.7. The maximum absolute atomic E-state index is 13.0. The van der Waals surface area contributed by atoms with Crippen molar-refractivity contribution in [1.82, 2.24) is 0 Å². The van der Waals surface area contributed by atoms with Crippen LogP contribution in [0.15, 0.2) is 0 Å². The molecule has 0 spiro atoms. The molecule has 0 radical (unpaired) electrons. The van der Waals surface area contributed by atoms with Crippen molar-refractivity contribution in [3.05, 3.63) is 33.4 Å². The number of aliphatic hydroxyl groups excluding tert-OH is 5. The number of hydrogen-bond acceptors (Lipinski definition) is 11. The molecular formula is C26H40O11. The number of carbonyl (C=O) groups excluding carboxylic acids is 1. The Balaban J connectivity index is 1.67. The highest BCUT2D eigenvalue weighted by molar-refractivity contribution is 5.93. The molecular weight excluding hydrogens is 488 g/mol. The van der Waals surface area contributed by atoms with E-state index in [9.17, 15) is 30.3 Å². The monoisotopic (exact) mass is 528 g/mol. The summed E-state index contributed by atoms with van der Waals surface area (Å²) < 4.78 is 27.5. The Bertz CT molecular complexity index is 935. The maximum Gasteiger partial charge on any atom is 0.338 e. The lowest BCUT2D eigenvalue weighted by Crippen LogP contribution is -2.60. The molecule has 210 valence electrons. The molecule has 10 unspecified atom stereocenters. The van der Waals surface area contributed by atoms with Crippen molar-refractivity contribution in [3.63, 3.8) is 0 Å². The topological polar surface area (TPSA) is 164 Å². The van der Waals surface area contributed by atoms with Crippen LogP contribution >= 0.6 is 0 Å². The Morgan fingerprint density at radius 1 is 0.703 bits per heavy atom. The fourth-order valence-electron chi connectivity index (χ4n) is 4.87. The van der Waals surface area contributed by atoms with Crippen LogP contribution in [0.25, 0.3) is 0 Å². The predicted molar refractivity (Wildman–Crippen MR) is 130 cm³/mol. The molecule has 0 aromatic heterocycles. The second kappa shape index (κ2) is 12.0. The minimum absolute atomic E-state index is 0.178. The normalized spacial score (nSPS) is 36.4. The van der Waals surface area contributed by atoms with Gasteiger partial charge in [0, 0.05) is 13.0 Å². The zero-order chi connectivity index (χ0) is 27.8. The second-order valence-corrected chi connectivity index (χ2v) is 10.1. The number of ether oxygens (including phenoxy) is 5. The number of methoxy groups -OCH3 is 1. The van der Waals surface area contributed by atoms with Gasteiger partial charge in [-0.2, -0.15) is 0 Å². The average molecular weight is 529 g/mol. The number of esters is 1. The van der Waals surface area contributed by atoms with Gasteiger partial charge in [0.05, 0.1) is 24.4 Å². The van der Waals surface area contributed by atoms with Crippen molar-refractivity contribution in [2.75, 3.05) is 20.3 Å². The van der Waals surface area contributed by atoms with Crippen molar-refractivity contribution in [1.29, 1.82) is 0 Å². The molecule has 2 saturated heterocycles. The van der Waals surface area contributed by atoms with E-state index in [2.05, 4.69) is 0 Å².